The Morgan fingerprint density at radius 2 is 1.53 bits per heavy atom. The zero-order valence-electron chi connectivity index (χ0n) is 8.09. The van der Waals surface area contributed by atoms with Crippen LogP contribution in [0.15, 0.2) is 59.8 Å². The summed E-state index contributed by atoms with van der Waals surface area (Å²) in [5.41, 5.74) is 13.9. The van der Waals surface area contributed by atoms with Crippen LogP contribution in [0, 0.1) is 0 Å². The van der Waals surface area contributed by atoms with Crippen LogP contribution >= 0.6 is 0 Å². The molecular formula is C12H10N3-. The summed E-state index contributed by atoms with van der Waals surface area (Å²) >= 11 is 0. The lowest BCUT2D eigenvalue weighted by Gasteiger charge is -2.12. The lowest BCUT2D eigenvalue weighted by molar-refractivity contribution is 1.32. The van der Waals surface area contributed by atoms with Gasteiger partial charge in [-0.05, 0) is 16.8 Å². The highest BCUT2D eigenvalue weighted by Gasteiger charge is 1.98. The third kappa shape index (κ3) is 2.02. The number of anilines is 1. The maximum atomic E-state index is 8.50. The Morgan fingerprint density at radius 1 is 0.867 bits per heavy atom. The molecule has 0 aliphatic heterocycles. The van der Waals surface area contributed by atoms with Gasteiger partial charge in [-0.25, -0.2) is 0 Å². The van der Waals surface area contributed by atoms with Crippen molar-refractivity contribution in [2.45, 2.75) is 0 Å². The van der Waals surface area contributed by atoms with Crippen molar-refractivity contribution >= 4 is 5.69 Å². The Kier molecular flexibility index (Phi) is 2.74. The highest BCUT2D eigenvalue weighted by molar-refractivity contribution is 5.77. The summed E-state index contributed by atoms with van der Waals surface area (Å²) < 4.78 is 0. The number of rotatable bonds is 3. The van der Waals surface area contributed by atoms with Gasteiger partial charge in [0.15, 0.2) is 0 Å². The number of para-hydroxylation sites is 1. The molecule has 0 unspecified atom stereocenters. The first kappa shape index (κ1) is 9.40. The number of hydrogen-bond acceptors (Lipinski definition) is 1. The molecular weight excluding hydrogens is 186 g/mol. The Labute approximate surface area is 88.2 Å². The van der Waals surface area contributed by atoms with E-state index in [-0.39, 0.29) is 0 Å². The van der Waals surface area contributed by atoms with E-state index < -0.39 is 0 Å². The van der Waals surface area contributed by atoms with Crippen LogP contribution in [0.4, 0.5) is 5.69 Å². The standard InChI is InChI=1S/C12H10N3/c13-15-14-12-9-5-4-8-11(12)10-6-2-1-3-7-10/h1-9H,(H-,13,14)/q-1. The molecule has 3 heteroatoms. The zero-order valence-corrected chi connectivity index (χ0v) is 8.09. The van der Waals surface area contributed by atoms with Crippen LogP contribution in [0.3, 0.4) is 0 Å². The fourth-order valence-electron chi connectivity index (χ4n) is 1.50. The second-order valence-corrected chi connectivity index (χ2v) is 3.12. The van der Waals surface area contributed by atoms with Crippen molar-refractivity contribution in [3.63, 3.8) is 0 Å². The number of benzene rings is 2. The zero-order chi connectivity index (χ0) is 10.5. The van der Waals surface area contributed by atoms with Crippen molar-refractivity contribution in [1.29, 1.82) is 0 Å². The Morgan fingerprint density at radius 3 is 2.27 bits per heavy atom. The molecule has 0 atom stereocenters. The first-order valence-corrected chi connectivity index (χ1v) is 4.66. The molecule has 1 N–H and O–H groups in total. The van der Waals surface area contributed by atoms with E-state index in [1.54, 1.807) is 0 Å². The van der Waals surface area contributed by atoms with Crippen LogP contribution in [-0.2, 0) is 0 Å². The smallest absolute Gasteiger partial charge is 0.0142 e. The van der Waals surface area contributed by atoms with Gasteiger partial charge in [-0.15, -0.1) is 0 Å². The van der Waals surface area contributed by atoms with Crippen molar-refractivity contribution in [3.8, 4) is 11.1 Å². The first-order valence-electron chi connectivity index (χ1n) is 4.66. The Bertz CT molecular complexity index is 451. The Hall–Kier alpha value is -2.16. The highest BCUT2D eigenvalue weighted by Crippen LogP contribution is 2.27. The topological polar surface area (TPSA) is 46.7 Å². The van der Waals surface area contributed by atoms with Crippen LogP contribution < -0.4 is 5.43 Å². The van der Waals surface area contributed by atoms with Gasteiger partial charge in [0.1, 0.15) is 0 Å². The monoisotopic (exact) mass is 196 g/mol. The van der Waals surface area contributed by atoms with Gasteiger partial charge in [-0.2, -0.15) is 0 Å². The molecule has 0 saturated heterocycles. The van der Waals surface area contributed by atoms with Crippen molar-refractivity contribution in [2.24, 2.45) is 5.22 Å². The largest absolute Gasteiger partial charge is 0.386 e. The molecule has 0 aromatic heterocycles. The summed E-state index contributed by atoms with van der Waals surface area (Å²) in [5.74, 6) is 0. The molecule has 0 bridgehead atoms. The van der Waals surface area contributed by atoms with Crippen LogP contribution in [-0.4, -0.2) is 0 Å². The second-order valence-electron chi connectivity index (χ2n) is 3.12. The average molecular weight is 196 g/mol. The molecule has 74 valence electrons. The molecule has 0 spiro atoms. The van der Waals surface area contributed by atoms with Gasteiger partial charge in [0, 0.05) is 0 Å². The van der Waals surface area contributed by atoms with Gasteiger partial charge in [0.2, 0.25) is 0 Å². The van der Waals surface area contributed by atoms with Gasteiger partial charge in [0.05, 0.1) is 0 Å². The van der Waals surface area contributed by atoms with E-state index in [0.29, 0.717) is 0 Å². The molecule has 0 aliphatic rings. The lowest BCUT2D eigenvalue weighted by atomic mass is 10.0. The maximum Gasteiger partial charge on any atom is -0.0142 e. The van der Waals surface area contributed by atoms with E-state index >= 15 is 0 Å². The summed E-state index contributed by atoms with van der Waals surface area (Å²) in [7, 11) is 0. The number of nitrogens with zero attached hydrogens (tertiary/aromatic N) is 2. The van der Waals surface area contributed by atoms with E-state index in [9.17, 15) is 0 Å². The van der Waals surface area contributed by atoms with E-state index in [2.05, 4.69) is 10.6 Å². The summed E-state index contributed by atoms with van der Waals surface area (Å²) in [6.45, 7) is 0. The lowest BCUT2D eigenvalue weighted by Crippen LogP contribution is -1.89. The maximum absolute atomic E-state index is 8.50. The second kappa shape index (κ2) is 4.37. The normalized spacial score (nSPS) is 9.60. The van der Waals surface area contributed by atoms with Gasteiger partial charge < -0.3 is 11.0 Å². The molecule has 0 radical (unpaired) electrons. The van der Waals surface area contributed by atoms with Gasteiger partial charge in [-0.3, -0.25) is 5.22 Å². The third-order valence-corrected chi connectivity index (χ3v) is 2.18. The summed E-state index contributed by atoms with van der Waals surface area (Å²) in [5, 5.41) is 2.94. The molecule has 0 saturated carbocycles. The van der Waals surface area contributed by atoms with Crippen molar-refractivity contribution < 1.29 is 0 Å². The Balaban J connectivity index is 2.48. The minimum atomic E-state index is 0.784. The predicted octanol–water partition coefficient (Wildman–Crippen LogP) is 3.70. The average Bonchev–Trinajstić information content (AvgIpc) is 2.31. The van der Waals surface area contributed by atoms with E-state index in [0.717, 1.165) is 16.8 Å². The third-order valence-electron chi connectivity index (χ3n) is 2.18. The van der Waals surface area contributed by atoms with E-state index in [1.807, 2.05) is 54.6 Å². The van der Waals surface area contributed by atoms with Gasteiger partial charge in [-0.1, -0.05) is 54.6 Å². The highest BCUT2D eigenvalue weighted by atomic mass is 15.4. The van der Waals surface area contributed by atoms with Crippen LogP contribution in [0.5, 0.6) is 0 Å². The minimum Gasteiger partial charge on any atom is -0.386 e. The van der Waals surface area contributed by atoms with Crippen LogP contribution in [0.1, 0.15) is 0 Å². The fourth-order valence-corrected chi connectivity index (χ4v) is 1.50. The molecule has 2 rings (SSSR count). The van der Waals surface area contributed by atoms with E-state index in [1.165, 1.54) is 0 Å². The van der Waals surface area contributed by atoms with Gasteiger partial charge >= 0.3 is 0 Å². The van der Waals surface area contributed by atoms with Crippen molar-refractivity contribution in [1.82, 2.24) is 0 Å². The summed E-state index contributed by atoms with van der Waals surface area (Å²) in [6.07, 6.45) is 0. The molecule has 2 aromatic rings. The van der Waals surface area contributed by atoms with E-state index in [4.69, 9.17) is 5.53 Å². The summed E-state index contributed by atoms with van der Waals surface area (Å²) in [6, 6.07) is 17.6. The molecule has 0 aliphatic carbocycles. The predicted molar refractivity (Wildman–Crippen MR) is 61.3 cm³/mol. The molecule has 0 amide bonds. The van der Waals surface area contributed by atoms with Crippen molar-refractivity contribution in [2.75, 3.05) is 5.43 Å². The van der Waals surface area contributed by atoms with Gasteiger partial charge in [0.25, 0.3) is 0 Å². The number of nitrogens with one attached hydrogen (secondary N) is 1. The molecule has 3 nitrogen and oxygen atoms in total. The van der Waals surface area contributed by atoms with Crippen LogP contribution in [0.25, 0.3) is 16.7 Å². The fraction of sp³-hybridized carbons (Fsp3) is 0. The minimum absolute atomic E-state index is 0.784. The number of hydrogen-bond donors (Lipinski definition) is 1. The molecule has 0 heterocycles. The summed E-state index contributed by atoms with van der Waals surface area (Å²) in [4.78, 5) is 0. The van der Waals surface area contributed by atoms with Crippen LogP contribution in [0.2, 0.25) is 0 Å². The molecule has 0 fully saturated rings. The SMILES string of the molecule is [N-]=NNc1ccccc1-c1ccccc1. The molecule has 15 heavy (non-hydrogen) atoms. The quantitative estimate of drug-likeness (QED) is 0.590. The van der Waals surface area contributed by atoms with Crippen molar-refractivity contribution in [3.05, 3.63) is 60.1 Å². The molecule has 2 aromatic carbocycles. The first-order chi connectivity index (χ1) is 7.42.